The summed E-state index contributed by atoms with van der Waals surface area (Å²) < 4.78 is 12.0. The highest BCUT2D eigenvalue weighted by atomic mass is 35.5. The highest BCUT2D eigenvalue weighted by Crippen LogP contribution is 2.44. The fourth-order valence-electron chi connectivity index (χ4n) is 4.04. The van der Waals surface area contributed by atoms with E-state index >= 15 is 0 Å². The average Bonchev–Trinajstić information content (AvgIpc) is 3.27. The van der Waals surface area contributed by atoms with Crippen molar-refractivity contribution in [2.45, 2.75) is 39.2 Å². The Morgan fingerprint density at radius 3 is 2.47 bits per heavy atom. The van der Waals surface area contributed by atoms with Crippen molar-refractivity contribution < 1.29 is 19.1 Å². The van der Waals surface area contributed by atoms with E-state index in [2.05, 4.69) is 10.4 Å². The van der Waals surface area contributed by atoms with Crippen LogP contribution < -0.4 is 5.32 Å². The Balaban J connectivity index is 1.74. The number of allylic oxidation sites excluding steroid dienone is 1. The monoisotopic (exact) mass is 479 g/mol. The molecule has 7 nitrogen and oxygen atoms in total. The first-order valence-corrected chi connectivity index (χ1v) is 11.6. The number of nitrogens with zero attached hydrogens (tertiary/aromatic N) is 2. The molecule has 1 aromatic heterocycles. The van der Waals surface area contributed by atoms with Gasteiger partial charge in [-0.15, -0.1) is 5.10 Å². The van der Waals surface area contributed by atoms with E-state index in [9.17, 15) is 9.59 Å². The standard InChI is InChI=1S/C26H26ClN3O4/c1-3-10-21-23(25(31)33-4-2)22(18-13-8-9-14-20(18)27)19-15-30(29-24(19)28-21)26(32)34-16-17-11-6-5-7-12-17/h5-9,11-15,22H,3-4,10,16H2,1-2H3,(H,28,29). The molecule has 176 valence electrons. The van der Waals surface area contributed by atoms with Gasteiger partial charge in [-0.25, -0.2) is 9.59 Å². The Labute approximate surface area is 203 Å². The number of halogens is 1. The number of hydrogen-bond donors (Lipinski definition) is 1. The van der Waals surface area contributed by atoms with Gasteiger partial charge in [0.25, 0.3) is 0 Å². The largest absolute Gasteiger partial charge is 0.463 e. The van der Waals surface area contributed by atoms with Crippen molar-refractivity contribution in [3.8, 4) is 0 Å². The first-order valence-electron chi connectivity index (χ1n) is 11.3. The molecule has 0 amide bonds. The van der Waals surface area contributed by atoms with E-state index in [-0.39, 0.29) is 13.2 Å². The number of hydrogen-bond acceptors (Lipinski definition) is 6. The molecule has 0 spiro atoms. The molecule has 0 fully saturated rings. The Bertz CT molecular complexity index is 1220. The second kappa shape index (κ2) is 10.6. The molecule has 1 aliphatic heterocycles. The van der Waals surface area contributed by atoms with Gasteiger partial charge in [0.1, 0.15) is 6.61 Å². The SMILES string of the molecule is CCCC1=C(C(=O)OCC)C(c2ccccc2Cl)c2cn(C(=O)OCc3ccccc3)nc2N1. The van der Waals surface area contributed by atoms with Crippen molar-refractivity contribution in [2.24, 2.45) is 0 Å². The maximum absolute atomic E-state index is 13.1. The van der Waals surface area contributed by atoms with E-state index < -0.39 is 18.0 Å². The molecule has 2 heterocycles. The van der Waals surface area contributed by atoms with Crippen LogP contribution >= 0.6 is 11.6 Å². The minimum atomic E-state index is -0.618. The van der Waals surface area contributed by atoms with Crippen LogP contribution in [-0.2, 0) is 20.9 Å². The summed E-state index contributed by atoms with van der Waals surface area (Å²) in [6.07, 6.45) is 2.38. The van der Waals surface area contributed by atoms with E-state index in [1.54, 1.807) is 19.2 Å². The lowest BCUT2D eigenvalue weighted by atomic mass is 9.82. The minimum absolute atomic E-state index is 0.124. The number of fused-ring (bicyclic) bond motifs is 1. The number of rotatable bonds is 7. The normalized spacial score (nSPS) is 14.9. The molecule has 1 N–H and O–H groups in total. The van der Waals surface area contributed by atoms with Gasteiger partial charge < -0.3 is 14.8 Å². The van der Waals surface area contributed by atoms with Crippen LogP contribution in [0.3, 0.4) is 0 Å². The molecule has 4 rings (SSSR count). The predicted molar refractivity (Wildman–Crippen MR) is 130 cm³/mol. The third kappa shape index (κ3) is 4.84. The average molecular weight is 480 g/mol. The smallest absolute Gasteiger partial charge is 0.435 e. The van der Waals surface area contributed by atoms with E-state index in [1.807, 2.05) is 55.5 Å². The fourth-order valence-corrected chi connectivity index (χ4v) is 4.29. The second-order valence-corrected chi connectivity index (χ2v) is 8.27. The van der Waals surface area contributed by atoms with E-state index in [0.717, 1.165) is 22.2 Å². The van der Waals surface area contributed by atoms with Crippen LogP contribution in [0.25, 0.3) is 0 Å². The zero-order valence-electron chi connectivity index (χ0n) is 19.1. The van der Waals surface area contributed by atoms with Gasteiger partial charge in [-0.05, 0) is 30.5 Å². The summed E-state index contributed by atoms with van der Waals surface area (Å²) in [6.45, 7) is 4.16. The van der Waals surface area contributed by atoms with Crippen LogP contribution in [0, 0.1) is 0 Å². The molecule has 8 heteroatoms. The lowest BCUT2D eigenvalue weighted by Crippen LogP contribution is -2.25. The molecule has 1 atom stereocenters. The number of anilines is 1. The maximum atomic E-state index is 13.1. The van der Waals surface area contributed by atoms with Crippen LogP contribution in [0.1, 0.15) is 49.3 Å². The maximum Gasteiger partial charge on any atom is 0.435 e. The molecule has 0 aliphatic carbocycles. The van der Waals surface area contributed by atoms with E-state index in [0.29, 0.717) is 34.1 Å². The lowest BCUT2D eigenvalue weighted by molar-refractivity contribution is -0.138. The number of aromatic nitrogens is 2. The van der Waals surface area contributed by atoms with Gasteiger partial charge in [-0.2, -0.15) is 4.68 Å². The number of benzene rings is 2. The van der Waals surface area contributed by atoms with Gasteiger partial charge >= 0.3 is 12.1 Å². The molecule has 0 saturated carbocycles. The summed E-state index contributed by atoms with van der Waals surface area (Å²) >= 11 is 6.57. The number of carbonyl (C=O) groups excluding carboxylic acids is 2. The predicted octanol–water partition coefficient (Wildman–Crippen LogP) is 5.90. The quantitative estimate of drug-likeness (QED) is 0.425. The highest BCUT2D eigenvalue weighted by Gasteiger charge is 2.37. The van der Waals surface area contributed by atoms with Crippen LogP contribution in [0.15, 0.2) is 72.1 Å². The molecule has 1 unspecified atom stereocenters. The molecule has 34 heavy (non-hydrogen) atoms. The van der Waals surface area contributed by atoms with Crippen molar-refractivity contribution in [3.63, 3.8) is 0 Å². The number of carbonyl (C=O) groups is 2. The number of esters is 1. The number of nitrogens with one attached hydrogen (secondary N) is 1. The summed E-state index contributed by atoms with van der Waals surface area (Å²) in [5.41, 5.74) is 3.44. The lowest BCUT2D eigenvalue weighted by Gasteiger charge is -2.28. The highest BCUT2D eigenvalue weighted by molar-refractivity contribution is 6.31. The van der Waals surface area contributed by atoms with Gasteiger partial charge in [0, 0.05) is 28.4 Å². The van der Waals surface area contributed by atoms with Crippen LogP contribution in [0.2, 0.25) is 5.02 Å². The van der Waals surface area contributed by atoms with Crippen LogP contribution in [-0.4, -0.2) is 28.4 Å². The molecular weight excluding hydrogens is 454 g/mol. The van der Waals surface area contributed by atoms with Crippen molar-refractivity contribution in [1.29, 1.82) is 0 Å². The topological polar surface area (TPSA) is 82.5 Å². The Hall–Kier alpha value is -3.58. The molecule has 3 aromatic rings. The van der Waals surface area contributed by atoms with E-state index in [4.69, 9.17) is 21.1 Å². The van der Waals surface area contributed by atoms with Crippen LogP contribution in [0.5, 0.6) is 0 Å². The Morgan fingerprint density at radius 1 is 1.03 bits per heavy atom. The first-order chi connectivity index (χ1) is 16.5. The zero-order valence-corrected chi connectivity index (χ0v) is 19.8. The fraction of sp³-hybridized carbons (Fsp3) is 0.269. The van der Waals surface area contributed by atoms with Gasteiger partial charge in [0.15, 0.2) is 5.82 Å². The Kier molecular flexibility index (Phi) is 7.33. The Morgan fingerprint density at radius 2 is 1.76 bits per heavy atom. The summed E-state index contributed by atoms with van der Waals surface area (Å²) in [6, 6.07) is 16.8. The molecular formula is C26H26ClN3O4. The van der Waals surface area contributed by atoms with Gasteiger partial charge in [-0.1, -0.05) is 73.5 Å². The molecule has 2 aromatic carbocycles. The van der Waals surface area contributed by atoms with Crippen molar-refractivity contribution >= 4 is 29.5 Å². The van der Waals surface area contributed by atoms with Crippen molar-refractivity contribution in [3.05, 3.63) is 93.8 Å². The summed E-state index contributed by atoms with van der Waals surface area (Å²) in [5, 5.41) is 8.21. The van der Waals surface area contributed by atoms with Gasteiger partial charge in [0.05, 0.1) is 12.2 Å². The third-order valence-electron chi connectivity index (χ3n) is 5.54. The first kappa shape index (κ1) is 23.6. The minimum Gasteiger partial charge on any atom is -0.463 e. The second-order valence-electron chi connectivity index (χ2n) is 7.86. The molecule has 0 bridgehead atoms. The summed E-state index contributed by atoms with van der Waals surface area (Å²) in [4.78, 5) is 25.9. The molecule has 0 saturated heterocycles. The number of ether oxygens (including phenoxy) is 2. The van der Waals surface area contributed by atoms with Crippen LogP contribution in [0.4, 0.5) is 10.6 Å². The van der Waals surface area contributed by atoms with Crippen molar-refractivity contribution in [1.82, 2.24) is 9.78 Å². The van der Waals surface area contributed by atoms with E-state index in [1.165, 1.54) is 0 Å². The molecule has 0 radical (unpaired) electrons. The summed E-state index contributed by atoms with van der Waals surface area (Å²) in [7, 11) is 0. The van der Waals surface area contributed by atoms with Gasteiger partial charge in [-0.3, -0.25) is 0 Å². The van der Waals surface area contributed by atoms with Crippen molar-refractivity contribution in [2.75, 3.05) is 11.9 Å². The third-order valence-corrected chi connectivity index (χ3v) is 5.88. The summed E-state index contributed by atoms with van der Waals surface area (Å²) in [5.74, 6) is -0.479. The zero-order chi connectivity index (χ0) is 24.1. The van der Waals surface area contributed by atoms with Gasteiger partial charge in [0.2, 0.25) is 0 Å². The molecule has 1 aliphatic rings.